The van der Waals surface area contributed by atoms with Crippen LogP contribution in [0, 0.1) is 0 Å². The second kappa shape index (κ2) is 6.98. The summed E-state index contributed by atoms with van der Waals surface area (Å²) in [4.78, 5) is 5.73. The van der Waals surface area contributed by atoms with Crippen molar-refractivity contribution in [2.24, 2.45) is 0 Å². The van der Waals surface area contributed by atoms with Crippen molar-refractivity contribution in [1.82, 2.24) is 25.4 Å². The van der Waals surface area contributed by atoms with E-state index < -0.39 is 0 Å². The summed E-state index contributed by atoms with van der Waals surface area (Å²) < 4.78 is 5.68. The fourth-order valence-corrected chi connectivity index (χ4v) is 3.50. The standard InChI is InChI=1S/C16H13N5OS2/c1-2-5-11(6-3-1)15-20-19-14(22-15)10-24-16-17-13(18-21-16)9-12-7-4-8-23-12/h1-8H,9-10H2,(H,17,18,21). The summed E-state index contributed by atoms with van der Waals surface area (Å²) in [7, 11) is 0. The van der Waals surface area contributed by atoms with Crippen molar-refractivity contribution in [1.29, 1.82) is 0 Å². The van der Waals surface area contributed by atoms with E-state index in [9.17, 15) is 0 Å². The third-order valence-corrected chi connectivity index (χ3v) is 4.95. The van der Waals surface area contributed by atoms with Crippen LogP contribution in [0.5, 0.6) is 0 Å². The van der Waals surface area contributed by atoms with Crippen molar-refractivity contribution < 1.29 is 4.42 Å². The van der Waals surface area contributed by atoms with Gasteiger partial charge < -0.3 is 4.42 Å². The number of aromatic amines is 1. The number of nitrogens with zero attached hydrogens (tertiary/aromatic N) is 4. The molecule has 120 valence electrons. The minimum atomic E-state index is 0.527. The topological polar surface area (TPSA) is 80.5 Å². The van der Waals surface area contributed by atoms with E-state index in [0.717, 1.165) is 17.8 Å². The number of benzene rings is 1. The van der Waals surface area contributed by atoms with Gasteiger partial charge in [0.1, 0.15) is 5.82 Å². The van der Waals surface area contributed by atoms with E-state index in [1.165, 1.54) is 16.6 Å². The second-order valence-corrected chi connectivity index (χ2v) is 6.95. The van der Waals surface area contributed by atoms with Gasteiger partial charge in [0.25, 0.3) is 0 Å². The first kappa shape index (κ1) is 15.1. The maximum atomic E-state index is 5.68. The van der Waals surface area contributed by atoms with E-state index in [1.54, 1.807) is 11.3 Å². The molecular formula is C16H13N5OS2. The molecular weight excluding hydrogens is 342 g/mol. The van der Waals surface area contributed by atoms with E-state index >= 15 is 0 Å². The highest BCUT2D eigenvalue weighted by Crippen LogP contribution is 2.22. The number of thioether (sulfide) groups is 1. The molecule has 24 heavy (non-hydrogen) atoms. The molecule has 0 aliphatic carbocycles. The highest BCUT2D eigenvalue weighted by molar-refractivity contribution is 7.98. The van der Waals surface area contributed by atoms with Gasteiger partial charge in [0.05, 0.1) is 5.75 Å². The Kier molecular flexibility index (Phi) is 4.39. The fraction of sp³-hybridized carbons (Fsp3) is 0.125. The first-order chi connectivity index (χ1) is 11.9. The Morgan fingerprint density at radius 3 is 2.83 bits per heavy atom. The normalized spacial score (nSPS) is 11.0. The van der Waals surface area contributed by atoms with Gasteiger partial charge in [-0.1, -0.05) is 36.0 Å². The zero-order valence-corrected chi connectivity index (χ0v) is 14.2. The lowest BCUT2D eigenvalue weighted by atomic mass is 10.2. The first-order valence-electron chi connectivity index (χ1n) is 7.31. The molecule has 1 aromatic carbocycles. The van der Waals surface area contributed by atoms with Crippen molar-refractivity contribution in [3.8, 4) is 11.5 Å². The molecule has 0 aliphatic heterocycles. The molecule has 0 saturated carbocycles. The largest absolute Gasteiger partial charge is 0.420 e. The molecule has 6 nitrogen and oxygen atoms in total. The van der Waals surface area contributed by atoms with Crippen LogP contribution in [-0.4, -0.2) is 25.4 Å². The average Bonchev–Trinajstić information content (AvgIpc) is 3.36. The molecule has 8 heteroatoms. The summed E-state index contributed by atoms with van der Waals surface area (Å²) in [6, 6.07) is 13.8. The maximum Gasteiger partial charge on any atom is 0.247 e. The summed E-state index contributed by atoms with van der Waals surface area (Å²) in [5.74, 6) is 2.48. The number of thiophene rings is 1. The molecule has 4 aromatic rings. The van der Waals surface area contributed by atoms with E-state index in [4.69, 9.17) is 4.42 Å². The molecule has 0 spiro atoms. The highest BCUT2D eigenvalue weighted by atomic mass is 32.2. The molecule has 0 amide bonds. The minimum Gasteiger partial charge on any atom is -0.420 e. The van der Waals surface area contributed by atoms with Gasteiger partial charge in [-0.2, -0.15) is 0 Å². The van der Waals surface area contributed by atoms with E-state index in [-0.39, 0.29) is 0 Å². The Bertz CT molecular complexity index is 902. The molecule has 3 heterocycles. The Hall–Kier alpha value is -2.45. The maximum absolute atomic E-state index is 5.68. The molecule has 4 rings (SSSR count). The van der Waals surface area contributed by atoms with Crippen LogP contribution >= 0.6 is 23.1 Å². The number of H-pyrrole nitrogens is 1. The summed E-state index contributed by atoms with van der Waals surface area (Å²) >= 11 is 3.18. The molecule has 0 atom stereocenters. The summed E-state index contributed by atoms with van der Waals surface area (Å²) in [6.45, 7) is 0. The molecule has 0 fully saturated rings. The molecule has 0 aliphatic rings. The van der Waals surface area contributed by atoms with E-state index in [2.05, 4.69) is 36.8 Å². The predicted octanol–water partition coefficient (Wildman–Crippen LogP) is 3.80. The van der Waals surface area contributed by atoms with Crippen LogP contribution in [-0.2, 0) is 12.2 Å². The van der Waals surface area contributed by atoms with Crippen molar-refractivity contribution in [2.75, 3.05) is 0 Å². The van der Waals surface area contributed by atoms with Gasteiger partial charge in [0.2, 0.25) is 16.9 Å². The Labute approximate surface area is 146 Å². The number of aromatic nitrogens is 5. The number of hydrogen-bond acceptors (Lipinski definition) is 7. The lowest BCUT2D eigenvalue weighted by molar-refractivity contribution is 0.528. The van der Waals surface area contributed by atoms with Crippen LogP contribution in [0.2, 0.25) is 0 Å². The van der Waals surface area contributed by atoms with Gasteiger partial charge >= 0.3 is 0 Å². The molecule has 0 radical (unpaired) electrons. The molecule has 0 unspecified atom stereocenters. The predicted molar refractivity (Wildman–Crippen MR) is 92.8 cm³/mol. The zero-order chi connectivity index (χ0) is 16.2. The highest BCUT2D eigenvalue weighted by Gasteiger charge is 2.11. The van der Waals surface area contributed by atoms with Gasteiger partial charge in [-0.05, 0) is 23.6 Å². The monoisotopic (exact) mass is 355 g/mol. The van der Waals surface area contributed by atoms with Crippen molar-refractivity contribution >= 4 is 23.1 Å². The number of hydrogen-bond donors (Lipinski definition) is 1. The van der Waals surface area contributed by atoms with Crippen molar-refractivity contribution in [3.05, 3.63) is 64.4 Å². The Morgan fingerprint density at radius 1 is 1.08 bits per heavy atom. The lowest BCUT2D eigenvalue weighted by Gasteiger charge is -1.93. The van der Waals surface area contributed by atoms with Crippen molar-refractivity contribution in [2.45, 2.75) is 17.3 Å². The molecule has 0 saturated heterocycles. The Balaban J connectivity index is 1.37. The van der Waals surface area contributed by atoms with E-state index in [0.29, 0.717) is 22.7 Å². The molecule has 3 aromatic heterocycles. The molecule has 0 bridgehead atoms. The fourth-order valence-electron chi connectivity index (χ4n) is 2.14. The smallest absolute Gasteiger partial charge is 0.247 e. The van der Waals surface area contributed by atoms with E-state index in [1.807, 2.05) is 36.4 Å². The first-order valence-corrected chi connectivity index (χ1v) is 9.17. The summed E-state index contributed by atoms with van der Waals surface area (Å²) in [5.41, 5.74) is 0.914. The average molecular weight is 355 g/mol. The number of rotatable bonds is 6. The van der Waals surface area contributed by atoms with Crippen LogP contribution < -0.4 is 0 Å². The third kappa shape index (κ3) is 3.55. The van der Waals surface area contributed by atoms with Crippen LogP contribution in [0.1, 0.15) is 16.6 Å². The van der Waals surface area contributed by atoms with Gasteiger partial charge in [0, 0.05) is 16.9 Å². The summed E-state index contributed by atoms with van der Waals surface area (Å²) in [6.07, 6.45) is 0.768. The van der Waals surface area contributed by atoms with Gasteiger partial charge in [0.15, 0.2) is 0 Å². The Morgan fingerprint density at radius 2 is 2.00 bits per heavy atom. The summed E-state index contributed by atoms with van der Waals surface area (Å²) in [5, 5.41) is 18.1. The van der Waals surface area contributed by atoms with Crippen molar-refractivity contribution in [3.63, 3.8) is 0 Å². The lowest BCUT2D eigenvalue weighted by Crippen LogP contribution is -1.87. The van der Waals surface area contributed by atoms with Crippen LogP contribution in [0.25, 0.3) is 11.5 Å². The number of nitrogens with one attached hydrogen (secondary N) is 1. The van der Waals surface area contributed by atoms with Gasteiger partial charge in [-0.15, -0.1) is 26.6 Å². The van der Waals surface area contributed by atoms with Crippen LogP contribution in [0.15, 0.2) is 57.4 Å². The van der Waals surface area contributed by atoms with Crippen LogP contribution in [0.4, 0.5) is 0 Å². The van der Waals surface area contributed by atoms with Gasteiger partial charge in [-0.3, -0.25) is 5.10 Å². The zero-order valence-electron chi connectivity index (χ0n) is 12.5. The SMILES string of the molecule is c1ccc(-c2nnc(CSc3n[nH]c(Cc4cccs4)n3)o2)cc1. The second-order valence-electron chi connectivity index (χ2n) is 4.98. The quantitative estimate of drug-likeness (QED) is 0.530. The third-order valence-electron chi connectivity index (χ3n) is 3.25. The molecule has 1 N–H and O–H groups in total. The van der Waals surface area contributed by atoms with Gasteiger partial charge in [-0.25, -0.2) is 4.98 Å². The van der Waals surface area contributed by atoms with Crippen LogP contribution in [0.3, 0.4) is 0 Å². The minimum absolute atomic E-state index is 0.527.